The van der Waals surface area contributed by atoms with Gasteiger partial charge in [0.15, 0.2) is 0 Å². The summed E-state index contributed by atoms with van der Waals surface area (Å²) in [5.74, 6) is 1.33. The van der Waals surface area contributed by atoms with Crippen LogP contribution in [-0.4, -0.2) is 47.5 Å². The van der Waals surface area contributed by atoms with Crippen LogP contribution in [0.3, 0.4) is 0 Å². The monoisotopic (exact) mass is 307 g/mol. The maximum Gasteiger partial charge on any atom is 0.241 e. The van der Waals surface area contributed by atoms with Crippen LogP contribution in [0, 0.1) is 6.92 Å². The summed E-state index contributed by atoms with van der Waals surface area (Å²) < 4.78 is 0. The van der Waals surface area contributed by atoms with Gasteiger partial charge in [0.05, 0.1) is 11.9 Å². The highest BCUT2D eigenvalue weighted by Gasteiger charge is 2.13. The summed E-state index contributed by atoms with van der Waals surface area (Å²) in [7, 11) is 1.78. The highest BCUT2D eigenvalue weighted by molar-refractivity contribution is 7.18. The lowest BCUT2D eigenvalue weighted by molar-refractivity contribution is -0.128. The van der Waals surface area contributed by atoms with Crippen LogP contribution in [-0.2, 0) is 4.79 Å². The third kappa shape index (κ3) is 3.41. The van der Waals surface area contributed by atoms with Crippen molar-refractivity contribution >= 4 is 39.2 Å². The normalized spacial score (nSPS) is 10.7. The average Bonchev–Trinajstić information content (AvgIpc) is 2.86. The zero-order valence-electron chi connectivity index (χ0n) is 12.9. The molecule has 0 radical (unpaired) electrons. The molecule has 0 atom stereocenters. The molecule has 0 spiro atoms. The summed E-state index contributed by atoms with van der Waals surface area (Å²) in [6.45, 7) is 7.67. The Kier molecular flexibility index (Phi) is 4.95. The predicted octanol–water partition coefficient (Wildman–Crippen LogP) is 2.32. The van der Waals surface area contributed by atoms with Crippen molar-refractivity contribution in [1.82, 2.24) is 14.9 Å². The van der Waals surface area contributed by atoms with Crippen molar-refractivity contribution in [1.29, 1.82) is 0 Å². The Bertz CT molecular complexity index is 636. The molecule has 2 aromatic rings. The predicted molar refractivity (Wildman–Crippen MR) is 88.1 cm³/mol. The molecule has 2 aromatic heterocycles. The number of nitrogens with zero attached hydrogens (tertiary/aromatic N) is 3. The van der Waals surface area contributed by atoms with Gasteiger partial charge in [0, 0.05) is 25.0 Å². The minimum absolute atomic E-state index is 0.0738. The van der Waals surface area contributed by atoms with E-state index >= 15 is 0 Å². The van der Waals surface area contributed by atoms with E-state index in [9.17, 15) is 4.79 Å². The molecule has 2 rings (SSSR count). The van der Waals surface area contributed by atoms with Crippen LogP contribution in [0.5, 0.6) is 0 Å². The molecule has 0 aliphatic carbocycles. The molecule has 0 unspecified atom stereocenters. The van der Waals surface area contributed by atoms with Crippen LogP contribution in [0.15, 0.2) is 6.07 Å². The Morgan fingerprint density at radius 2 is 2.05 bits per heavy atom. The Hall–Kier alpha value is -1.89. The third-order valence-corrected chi connectivity index (χ3v) is 4.21. The Morgan fingerprint density at radius 3 is 2.67 bits per heavy atom. The third-order valence-electron chi connectivity index (χ3n) is 3.26. The van der Waals surface area contributed by atoms with E-state index in [2.05, 4.69) is 20.6 Å². The number of carbonyl (C=O) groups is 1. The molecule has 7 heteroatoms. The summed E-state index contributed by atoms with van der Waals surface area (Å²) in [4.78, 5) is 24.8. The highest BCUT2D eigenvalue weighted by Crippen LogP contribution is 2.29. The van der Waals surface area contributed by atoms with Crippen LogP contribution >= 0.6 is 11.3 Å². The van der Waals surface area contributed by atoms with Gasteiger partial charge in [-0.1, -0.05) is 0 Å². The second kappa shape index (κ2) is 6.71. The molecule has 114 valence electrons. The lowest BCUT2D eigenvalue weighted by Gasteiger charge is -2.19. The second-order valence-corrected chi connectivity index (χ2v) is 5.88. The van der Waals surface area contributed by atoms with Crippen LogP contribution in [0.2, 0.25) is 0 Å². The number of amides is 1. The Labute approximate surface area is 128 Å². The van der Waals surface area contributed by atoms with Gasteiger partial charge in [0.1, 0.15) is 10.6 Å². The van der Waals surface area contributed by atoms with Crippen molar-refractivity contribution < 1.29 is 4.79 Å². The number of hydrogen-bond donors (Lipinski definition) is 2. The molecule has 0 aliphatic heterocycles. The molecule has 6 nitrogen and oxygen atoms in total. The van der Waals surface area contributed by atoms with Gasteiger partial charge in [0.2, 0.25) is 11.9 Å². The van der Waals surface area contributed by atoms with E-state index in [-0.39, 0.29) is 12.5 Å². The maximum atomic E-state index is 12.1. The molecule has 0 bridgehead atoms. The fourth-order valence-electron chi connectivity index (χ4n) is 2.14. The van der Waals surface area contributed by atoms with E-state index < -0.39 is 0 Å². The fourth-order valence-corrected chi connectivity index (χ4v) is 3.02. The SMILES string of the molecule is CCN(CC)C(=O)CNc1nc(NC)nc2sc(C)cc12. The number of anilines is 2. The van der Waals surface area contributed by atoms with Gasteiger partial charge in [0.25, 0.3) is 0 Å². The number of nitrogens with one attached hydrogen (secondary N) is 2. The molecule has 0 saturated carbocycles. The van der Waals surface area contributed by atoms with Crippen molar-refractivity contribution in [2.24, 2.45) is 0 Å². The first-order valence-electron chi connectivity index (χ1n) is 7.06. The molecule has 0 aliphatic rings. The average molecular weight is 307 g/mol. The van der Waals surface area contributed by atoms with Gasteiger partial charge in [-0.2, -0.15) is 4.98 Å². The molecule has 0 aromatic carbocycles. The van der Waals surface area contributed by atoms with E-state index in [0.717, 1.165) is 23.3 Å². The van der Waals surface area contributed by atoms with E-state index in [4.69, 9.17) is 0 Å². The summed E-state index contributed by atoms with van der Waals surface area (Å²) >= 11 is 1.62. The zero-order valence-corrected chi connectivity index (χ0v) is 13.7. The minimum Gasteiger partial charge on any atom is -0.360 e. The van der Waals surface area contributed by atoms with Gasteiger partial charge >= 0.3 is 0 Å². The second-order valence-electron chi connectivity index (χ2n) is 4.64. The number of fused-ring (bicyclic) bond motifs is 1. The number of hydrogen-bond acceptors (Lipinski definition) is 6. The molecule has 2 heterocycles. The zero-order chi connectivity index (χ0) is 15.4. The first kappa shape index (κ1) is 15.5. The lowest BCUT2D eigenvalue weighted by Crippen LogP contribution is -2.35. The molecule has 2 N–H and O–H groups in total. The van der Waals surface area contributed by atoms with Crippen LogP contribution < -0.4 is 10.6 Å². The van der Waals surface area contributed by atoms with Gasteiger partial charge in [-0.15, -0.1) is 11.3 Å². The van der Waals surface area contributed by atoms with E-state index in [1.165, 1.54) is 4.88 Å². The summed E-state index contributed by atoms with van der Waals surface area (Å²) in [6, 6.07) is 2.05. The van der Waals surface area contributed by atoms with E-state index in [1.54, 1.807) is 23.3 Å². The van der Waals surface area contributed by atoms with Crippen LogP contribution in [0.1, 0.15) is 18.7 Å². The summed E-state index contributed by atoms with van der Waals surface area (Å²) in [6.07, 6.45) is 0. The van der Waals surface area contributed by atoms with Gasteiger partial charge in [-0.3, -0.25) is 4.79 Å². The van der Waals surface area contributed by atoms with Crippen molar-refractivity contribution in [2.45, 2.75) is 20.8 Å². The maximum absolute atomic E-state index is 12.1. The van der Waals surface area contributed by atoms with E-state index in [1.807, 2.05) is 26.8 Å². The number of aryl methyl sites for hydroxylation is 1. The molecular formula is C14H21N5OS. The fraction of sp³-hybridized carbons (Fsp3) is 0.500. The van der Waals surface area contributed by atoms with Crippen molar-refractivity contribution in [2.75, 3.05) is 37.3 Å². The quantitative estimate of drug-likeness (QED) is 0.857. The van der Waals surface area contributed by atoms with Gasteiger partial charge in [-0.05, 0) is 26.8 Å². The Morgan fingerprint density at radius 1 is 1.33 bits per heavy atom. The molecule has 0 fully saturated rings. The minimum atomic E-state index is 0.0738. The first-order valence-corrected chi connectivity index (χ1v) is 7.88. The molecular weight excluding hydrogens is 286 g/mol. The highest BCUT2D eigenvalue weighted by atomic mass is 32.1. The molecule has 1 amide bonds. The smallest absolute Gasteiger partial charge is 0.241 e. The summed E-state index contributed by atoms with van der Waals surface area (Å²) in [5.41, 5.74) is 0. The molecule has 0 saturated heterocycles. The number of aromatic nitrogens is 2. The largest absolute Gasteiger partial charge is 0.360 e. The number of thiophene rings is 1. The number of likely N-dealkylation sites (N-methyl/N-ethyl adjacent to an activating group) is 1. The van der Waals surface area contributed by atoms with Gasteiger partial charge in [-0.25, -0.2) is 4.98 Å². The number of rotatable bonds is 6. The lowest BCUT2D eigenvalue weighted by atomic mass is 10.3. The van der Waals surface area contributed by atoms with Crippen molar-refractivity contribution in [3.05, 3.63) is 10.9 Å². The van der Waals surface area contributed by atoms with Crippen molar-refractivity contribution in [3.63, 3.8) is 0 Å². The summed E-state index contributed by atoms with van der Waals surface area (Å²) in [5, 5.41) is 7.06. The van der Waals surface area contributed by atoms with Crippen molar-refractivity contribution in [3.8, 4) is 0 Å². The molecule has 21 heavy (non-hydrogen) atoms. The Balaban J connectivity index is 2.23. The van der Waals surface area contributed by atoms with Crippen LogP contribution in [0.4, 0.5) is 11.8 Å². The topological polar surface area (TPSA) is 70.2 Å². The standard InChI is InChI=1S/C14H21N5OS/c1-5-19(6-2)11(20)8-16-12-10-7-9(3)21-13(10)18-14(15-4)17-12/h7H,5-6,8H2,1-4H3,(H2,15,16,17,18). The van der Waals surface area contributed by atoms with Gasteiger partial charge < -0.3 is 15.5 Å². The number of carbonyl (C=O) groups excluding carboxylic acids is 1. The first-order chi connectivity index (χ1) is 10.1. The van der Waals surface area contributed by atoms with E-state index in [0.29, 0.717) is 11.8 Å². The van der Waals surface area contributed by atoms with Crippen LogP contribution in [0.25, 0.3) is 10.2 Å².